The lowest BCUT2D eigenvalue weighted by molar-refractivity contribution is 0.603. The van der Waals surface area contributed by atoms with Gasteiger partial charge in [-0.15, -0.1) is 0 Å². The predicted molar refractivity (Wildman–Crippen MR) is 92.4 cm³/mol. The van der Waals surface area contributed by atoms with E-state index in [-0.39, 0.29) is 9.80 Å². The van der Waals surface area contributed by atoms with E-state index < -0.39 is 19.5 Å². The molecular weight excluding hydrogens is 350 g/mol. The van der Waals surface area contributed by atoms with Crippen LogP contribution in [0.25, 0.3) is 0 Å². The van der Waals surface area contributed by atoms with Crippen LogP contribution in [0.5, 0.6) is 0 Å². The van der Waals surface area contributed by atoms with Crippen LogP contribution in [-0.2, 0) is 30.7 Å². The van der Waals surface area contributed by atoms with Crippen molar-refractivity contribution in [1.82, 2.24) is 9.71 Å². The second-order valence-corrected chi connectivity index (χ2v) is 8.67. The highest BCUT2D eigenvalue weighted by molar-refractivity contribution is 8.27. The van der Waals surface area contributed by atoms with Gasteiger partial charge in [-0.25, -0.2) is 8.42 Å². The second-order valence-electron chi connectivity index (χ2n) is 4.51. The summed E-state index contributed by atoms with van der Waals surface area (Å²) in [5.74, 6) is 0. The summed E-state index contributed by atoms with van der Waals surface area (Å²) in [5.41, 5.74) is 0.939. The number of rotatable bonds is 5. The third-order valence-electron chi connectivity index (χ3n) is 2.89. The highest BCUT2D eigenvalue weighted by atomic mass is 32.8. The molecule has 1 heterocycles. The van der Waals surface area contributed by atoms with Gasteiger partial charge in [-0.3, -0.25) is 4.98 Å². The van der Waals surface area contributed by atoms with E-state index in [1.807, 2.05) is 6.92 Å². The second kappa shape index (κ2) is 7.46. The van der Waals surface area contributed by atoms with Crippen LogP contribution in [0.2, 0.25) is 0 Å². The van der Waals surface area contributed by atoms with Crippen LogP contribution in [0.4, 0.5) is 0 Å². The number of sulfone groups is 1. The molecule has 0 aliphatic rings. The molecule has 1 N–H and O–H groups in total. The summed E-state index contributed by atoms with van der Waals surface area (Å²) in [5, 5.41) is 9.18. The first kappa shape index (κ1) is 17.3. The average Bonchev–Trinajstić information content (AvgIpc) is 2.56. The maximum Gasteiger partial charge on any atom is 0.218 e. The SMILES string of the molecule is Cc1ccc(S(=O)(=O)/C(C#N)=C/N[S@](=S)c2ccncc2)cc1. The summed E-state index contributed by atoms with van der Waals surface area (Å²) < 4.78 is 27.7. The zero-order valence-electron chi connectivity index (χ0n) is 12.1. The molecule has 0 bridgehead atoms. The van der Waals surface area contributed by atoms with E-state index in [9.17, 15) is 13.7 Å². The molecule has 0 spiro atoms. The number of hydrogen-bond donors (Lipinski definition) is 1. The number of nitrogens with one attached hydrogen (secondary N) is 1. The van der Waals surface area contributed by atoms with Gasteiger partial charge in [0.15, 0.2) is 4.91 Å². The fourth-order valence-corrected chi connectivity index (χ4v) is 4.02. The van der Waals surface area contributed by atoms with Crippen LogP contribution in [0.15, 0.2) is 69.7 Å². The maximum atomic E-state index is 12.5. The molecule has 1 aromatic carbocycles. The third kappa shape index (κ3) is 4.22. The summed E-state index contributed by atoms with van der Waals surface area (Å²) in [4.78, 5) is 4.38. The van der Waals surface area contributed by atoms with Crippen LogP contribution in [0.3, 0.4) is 0 Å². The summed E-state index contributed by atoms with van der Waals surface area (Å²) >= 11 is 5.27. The van der Waals surface area contributed by atoms with Crippen LogP contribution >= 0.6 is 0 Å². The molecule has 0 fully saturated rings. The van der Waals surface area contributed by atoms with Crippen molar-refractivity contribution in [2.24, 2.45) is 0 Å². The Kier molecular flexibility index (Phi) is 5.60. The first-order valence-electron chi connectivity index (χ1n) is 6.45. The van der Waals surface area contributed by atoms with E-state index in [1.165, 1.54) is 12.1 Å². The van der Waals surface area contributed by atoms with Crippen molar-refractivity contribution in [2.75, 3.05) is 0 Å². The van der Waals surface area contributed by atoms with Gasteiger partial charge in [0.25, 0.3) is 0 Å². The Labute approximate surface area is 142 Å². The smallest absolute Gasteiger partial charge is 0.218 e. The number of allylic oxidation sites excluding steroid dienone is 1. The number of hydrogen-bond acceptors (Lipinski definition) is 5. The number of aromatic nitrogens is 1. The van der Waals surface area contributed by atoms with Crippen LogP contribution in [0.1, 0.15) is 5.56 Å². The Morgan fingerprint density at radius 1 is 1.26 bits per heavy atom. The Hall–Kier alpha value is -2.08. The Balaban J connectivity index is 2.27. The molecule has 5 nitrogen and oxygen atoms in total. The highest BCUT2D eigenvalue weighted by Crippen LogP contribution is 2.19. The van der Waals surface area contributed by atoms with Gasteiger partial charge in [-0.05, 0) is 42.4 Å². The summed E-state index contributed by atoms with van der Waals surface area (Å²) in [6, 6.07) is 11.5. The van der Waals surface area contributed by atoms with Crippen molar-refractivity contribution in [3.05, 3.63) is 65.5 Å². The predicted octanol–water partition coefficient (Wildman–Crippen LogP) is 2.17. The fourth-order valence-electron chi connectivity index (χ4n) is 1.65. The first-order valence-corrected chi connectivity index (χ1v) is 10.1. The molecule has 8 heteroatoms. The number of nitrogens with zero attached hydrogens (tertiary/aromatic N) is 2. The largest absolute Gasteiger partial charge is 0.328 e. The lowest BCUT2D eigenvalue weighted by Crippen LogP contribution is -2.13. The van der Waals surface area contributed by atoms with Crippen molar-refractivity contribution >= 4 is 30.7 Å². The van der Waals surface area contributed by atoms with Gasteiger partial charge < -0.3 is 4.72 Å². The van der Waals surface area contributed by atoms with E-state index in [1.54, 1.807) is 42.7 Å². The molecule has 118 valence electrons. The normalized spacial score (nSPS) is 13.1. The quantitative estimate of drug-likeness (QED) is 0.820. The van der Waals surface area contributed by atoms with Gasteiger partial charge in [-0.2, -0.15) is 5.26 Å². The molecule has 2 rings (SSSR count). The van der Waals surface area contributed by atoms with Crippen molar-refractivity contribution in [3.8, 4) is 6.07 Å². The molecular formula is C15H13N3O2S3. The van der Waals surface area contributed by atoms with Gasteiger partial charge in [0.05, 0.1) is 4.90 Å². The Morgan fingerprint density at radius 2 is 1.87 bits per heavy atom. The van der Waals surface area contributed by atoms with Gasteiger partial charge in [0, 0.05) is 33.1 Å². The molecule has 0 unspecified atom stereocenters. The number of benzene rings is 1. The van der Waals surface area contributed by atoms with Crippen molar-refractivity contribution in [1.29, 1.82) is 5.26 Å². The average molecular weight is 363 g/mol. The molecule has 0 saturated carbocycles. The van der Waals surface area contributed by atoms with E-state index >= 15 is 0 Å². The number of pyridine rings is 1. The van der Waals surface area contributed by atoms with Gasteiger partial charge in [-0.1, -0.05) is 17.7 Å². The molecule has 0 saturated heterocycles. The van der Waals surface area contributed by atoms with Gasteiger partial charge in [0.2, 0.25) is 9.84 Å². The van der Waals surface area contributed by atoms with Gasteiger partial charge >= 0.3 is 0 Å². The van der Waals surface area contributed by atoms with Gasteiger partial charge in [0.1, 0.15) is 6.07 Å². The van der Waals surface area contributed by atoms with E-state index in [0.717, 1.165) is 16.7 Å². The van der Waals surface area contributed by atoms with Crippen LogP contribution < -0.4 is 4.72 Å². The van der Waals surface area contributed by atoms with Crippen LogP contribution in [-0.4, -0.2) is 13.4 Å². The number of nitriles is 1. The maximum absolute atomic E-state index is 12.5. The molecule has 0 aliphatic heterocycles. The minimum atomic E-state index is -3.86. The summed E-state index contributed by atoms with van der Waals surface area (Å²) in [6.45, 7) is 1.86. The van der Waals surface area contributed by atoms with E-state index in [4.69, 9.17) is 11.2 Å². The minimum Gasteiger partial charge on any atom is -0.328 e. The van der Waals surface area contributed by atoms with Crippen molar-refractivity contribution in [3.63, 3.8) is 0 Å². The molecule has 1 aromatic heterocycles. The molecule has 0 amide bonds. The highest BCUT2D eigenvalue weighted by Gasteiger charge is 2.20. The standard InChI is InChI=1S/C15H13N3O2S3/c1-12-2-4-14(5-3-12)23(19,20)15(10-16)11-18-22(21)13-6-8-17-9-7-13/h2-9,11,18H,1H3/b15-11+/t22-/m1/s1. The minimum absolute atomic E-state index is 0.0749. The Morgan fingerprint density at radius 3 is 2.43 bits per heavy atom. The lowest BCUT2D eigenvalue weighted by Gasteiger charge is -2.07. The van der Waals surface area contributed by atoms with E-state index in [2.05, 4.69) is 9.71 Å². The molecule has 2 aromatic rings. The fraction of sp³-hybridized carbons (Fsp3) is 0.0667. The van der Waals surface area contributed by atoms with Crippen molar-refractivity contribution < 1.29 is 8.42 Å². The topological polar surface area (TPSA) is 82.8 Å². The summed E-state index contributed by atoms with van der Waals surface area (Å²) in [6.07, 6.45) is 4.36. The molecule has 0 radical (unpaired) electrons. The van der Waals surface area contributed by atoms with Crippen molar-refractivity contribution in [2.45, 2.75) is 16.7 Å². The lowest BCUT2D eigenvalue weighted by atomic mass is 10.2. The zero-order chi connectivity index (χ0) is 16.9. The summed E-state index contributed by atoms with van der Waals surface area (Å²) in [7, 11) is -4.71. The monoisotopic (exact) mass is 363 g/mol. The Bertz CT molecular complexity index is 884. The number of aryl methyl sites for hydroxylation is 1. The first-order chi connectivity index (χ1) is 10.9. The van der Waals surface area contributed by atoms with Crippen LogP contribution in [0, 0.1) is 18.3 Å². The third-order valence-corrected chi connectivity index (χ3v) is 6.47. The molecule has 1 atom stereocenters. The molecule has 23 heavy (non-hydrogen) atoms. The van der Waals surface area contributed by atoms with E-state index in [0.29, 0.717) is 0 Å². The molecule has 0 aliphatic carbocycles. The zero-order valence-corrected chi connectivity index (χ0v) is 14.6.